The minimum Gasteiger partial charge on any atom is -0.493 e. The Labute approximate surface area is 163 Å². The molecule has 0 aliphatic carbocycles. The number of amides is 1. The number of ether oxygens (including phenoxy) is 3. The fourth-order valence-electron chi connectivity index (χ4n) is 2.85. The Hall–Kier alpha value is -2.52. The first-order valence-corrected chi connectivity index (χ1v) is 8.30. The Bertz CT molecular complexity index is 751. The Balaban J connectivity index is 0.00000261. The highest BCUT2D eigenvalue weighted by atomic mass is 35.5. The molecule has 1 aromatic heterocycles. The maximum Gasteiger partial charge on any atom is 0.246 e. The summed E-state index contributed by atoms with van der Waals surface area (Å²) >= 11 is 0. The van der Waals surface area contributed by atoms with E-state index < -0.39 is 0 Å². The van der Waals surface area contributed by atoms with Gasteiger partial charge in [0.05, 0.1) is 33.9 Å². The smallest absolute Gasteiger partial charge is 0.246 e. The van der Waals surface area contributed by atoms with E-state index >= 15 is 0 Å². The normalized spacial score (nSPS) is 15.7. The van der Waals surface area contributed by atoms with Crippen molar-refractivity contribution in [3.63, 3.8) is 0 Å². The largest absolute Gasteiger partial charge is 0.493 e. The van der Waals surface area contributed by atoms with Gasteiger partial charge in [0.1, 0.15) is 0 Å². The zero-order chi connectivity index (χ0) is 18.5. The highest BCUT2D eigenvalue weighted by Gasteiger charge is 2.22. The molecule has 27 heavy (non-hydrogen) atoms. The highest BCUT2D eigenvalue weighted by molar-refractivity contribution is 5.85. The van der Waals surface area contributed by atoms with Crippen LogP contribution in [0.3, 0.4) is 0 Å². The first kappa shape index (κ1) is 20.8. The lowest BCUT2D eigenvalue weighted by molar-refractivity contribution is -0.123. The quantitative estimate of drug-likeness (QED) is 0.723. The van der Waals surface area contributed by atoms with E-state index in [-0.39, 0.29) is 30.9 Å². The van der Waals surface area contributed by atoms with Crippen LogP contribution in [0, 0.1) is 0 Å². The van der Waals surface area contributed by atoms with Crippen LogP contribution in [-0.4, -0.2) is 50.0 Å². The predicted molar refractivity (Wildman–Crippen MR) is 99.5 cm³/mol. The van der Waals surface area contributed by atoms with Crippen molar-refractivity contribution in [3.8, 4) is 28.6 Å². The first-order chi connectivity index (χ1) is 12.7. The lowest BCUT2D eigenvalue weighted by Gasteiger charge is -2.12. The van der Waals surface area contributed by atoms with Gasteiger partial charge in [-0.25, -0.2) is 0 Å². The van der Waals surface area contributed by atoms with Crippen molar-refractivity contribution in [2.45, 2.75) is 25.4 Å². The molecule has 0 radical (unpaired) electrons. The van der Waals surface area contributed by atoms with Crippen LogP contribution in [0.1, 0.15) is 18.7 Å². The topological polar surface area (TPSA) is 108 Å². The van der Waals surface area contributed by atoms with Gasteiger partial charge in [-0.2, -0.15) is 4.98 Å². The minimum atomic E-state index is -0.146. The second-order valence-corrected chi connectivity index (χ2v) is 5.79. The number of nitrogens with zero attached hydrogens (tertiary/aromatic N) is 2. The predicted octanol–water partition coefficient (Wildman–Crippen LogP) is 1.55. The van der Waals surface area contributed by atoms with Crippen LogP contribution in [-0.2, 0) is 11.3 Å². The fourth-order valence-corrected chi connectivity index (χ4v) is 2.85. The standard InChI is InChI=1S/C17H22N4O5.ClH/c1-23-12-7-10(8-13(24-2)15(12)25-3)16-20-14(26-21-16)9-19-17(22)11-5-4-6-18-11;/h7-8,11,18H,4-6,9H2,1-3H3,(H,19,22);1H. The van der Waals surface area contributed by atoms with Crippen molar-refractivity contribution in [1.29, 1.82) is 0 Å². The number of carbonyl (C=O) groups excluding carboxylic acids is 1. The van der Waals surface area contributed by atoms with Crippen molar-refractivity contribution in [1.82, 2.24) is 20.8 Å². The van der Waals surface area contributed by atoms with Crippen LogP contribution in [0.4, 0.5) is 0 Å². The molecule has 1 aliphatic rings. The van der Waals surface area contributed by atoms with Gasteiger partial charge in [0.2, 0.25) is 23.4 Å². The van der Waals surface area contributed by atoms with E-state index in [1.807, 2.05) is 0 Å². The molecule has 1 fully saturated rings. The molecule has 1 aliphatic heterocycles. The van der Waals surface area contributed by atoms with Crippen molar-refractivity contribution in [2.75, 3.05) is 27.9 Å². The molecule has 1 unspecified atom stereocenters. The molecule has 2 aromatic rings. The minimum absolute atomic E-state index is 0. The van der Waals surface area contributed by atoms with Gasteiger partial charge in [0.15, 0.2) is 11.5 Å². The third-order valence-electron chi connectivity index (χ3n) is 4.18. The summed E-state index contributed by atoms with van der Waals surface area (Å²) in [6, 6.07) is 3.32. The van der Waals surface area contributed by atoms with E-state index in [9.17, 15) is 4.79 Å². The molecule has 0 saturated carbocycles. The Morgan fingerprint density at radius 1 is 1.26 bits per heavy atom. The van der Waals surface area contributed by atoms with E-state index in [4.69, 9.17) is 18.7 Å². The van der Waals surface area contributed by atoms with Crippen molar-refractivity contribution >= 4 is 18.3 Å². The van der Waals surface area contributed by atoms with Gasteiger partial charge in [0, 0.05) is 5.56 Å². The van der Waals surface area contributed by atoms with E-state index in [1.165, 1.54) is 21.3 Å². The highest BCUT2D eigenvalue weighted by Crippen LogP contribution is 2.40. The Kier molecular flexibility index (Phi) is 7.26. The molecular weight excluding hydrogens is 376 g/mol. The lowest BCUT2D eigenvalue weighted by Crippen LogP contribution is -2.40. The summed E-state index contributed by atoms with van der Waals surface area (Å²) < 4.78 is 21.2. The molecular formula is C17H23ClN4O5. The van der Waals surface area contributed by atoms with Gasteiger partial charge in [0.25, 0.3) is 0 Å². The summed E-state index contributed by atoms with van der Waals surface area (Å²) in [5.74, 6) is 2.10. The fraction of sp³-hybridized carbons (Fsp3) is 0.471. The van der Waals surface area contributed by atoms with Crippen LogP contribution in [0.15, 0.2) is 16.7 Å². The molecule has 1 aromatic carbocycles. The molecule has 2 N–H and O–H groups in total. The third kappa shape index (κ3) is 4.61. The van der Waals surface area contributed by atoms with Crippen molar-refractivity contribution in [2.24, 2.45) is 0 Å². The number of hydrogen-bond donors (Lipinski definition) is 2. The van der Waals surface area contributed by atoms with Crippen LogP contribution in [0.25, 0.3) is 11.4 Å². The second kappa shape index (κ2) is 9.43. The summed E-state index contributed by atoms with van der Waals surface area (Å²) in [7, 11) is 4.61. The average molecular weight is 399 g/mol. The van der Waals surface area contributed by atoms with Gasteiger partial charge >= 0.3 is 0 Å². The molecule has 1 amide bonds. The number of benzene rings is 1. The zero-order valence-corrected chi connectivity index (χ0v) is 16.2. The maximum atomic E-state index is 12.0. The second-order valence-electron chi connectivity index (χ2n) is 5.79. The molecule has 0 spiro atoms. The van der Waals surface area contributed by atoms with Gasteiger partial charge in [-0.05, 0) is 31.5 Å². The number of methoxy groups -OCH3 is 3. The molecule has 148 valence electrons. The molecule has 2 heterocycles. The van der Waals surface area contributed by atoms with Crippen LogP contribution >= 0.6 is 12.4 Å². The molecule has 1 saturated heterocycles. The Morgan fingerprint density at radius 2 is 1.96 bits per heavy atom. The number of halogens is 1. The van der Waals surface area contributed by atoms with E-state index in [0.29, 0.717) is 34.5 Å². The molecule has 1 atom stereocenters. The van der Waals surface area contributed by atoms with Gasteiger partial charge in [-0.15, -0.1) is 12.4 Å². The van der Waals surface area contributed by atoms with Crippen molar-refractivity contribution < 1.29 is 23.5 Å². The SMILES string of the molecule is COc1cc(-c2noc(CNC(=O)C3CCCN3)n2)cc(OC)c1OC.Cl. The zero-order valence-electron chi connectivity index (χ0n) is 15.4. The third-order valence-corrected chi connectivity index (χ3v) is 4.18. The Morgan fingerprint density at radius 3 is 2.52 bits per heavy atom. The summed E-state index contributed by atoms with van der Waals surface area (Å²) in [4.78, 5) is 16.3. The average Bonchev–Trinajstić information content (AvgIpc) is 3.36. The van der Waals surface area contributed by atoms with Crippen LogP contribution < -0.4 is 24.8 Å². The number of aromatic nitrogens is 2. The van der Waals surface area contributed by atoms with E-state index in [2.05, 4.69) is 20.8 Å². The number of rotatable bonds is 7. The van der Waals surface area contributed by atoms with Gasteiger partial charge in [-0.3, -0.25) is 4.79 Å². The lowest BCUT2D eigenvalue weighted by atomic mass is 10.1. The summed E-state index contributed by atoms with van der Waals surface area (Å²) in [6.45, 7) is 1.04. The summed E-state index contributed by atoms with van der Waals surface area (Å²) in [5, 5.41) is 9.91. The van der Waals surface area contributed by atoms with E-state index in [0.717, 1.165) is 19.4 Å². The van der Waals surface area contributed by atoms with Gasteiger partial charge < -0.3 is 29.4 Å². The van der Waals surface area contributed by atoms with Gasteiger partial charge in [-0.1, -0.05) is 5.16 Å². The number of carbonyl (C=O) groups is 1. The van der Waals surface area contributed by atoms with Crippen molar-refractivity contribution in [3.05, 3.63) is 18.0 Å². The number of nitrogens with one attached hydrogen (secondary N) is 2. The van der Waals surface area contributed by atoms with Crippen LogP contribution in [0.5, 0.6) is 17.2 Å². The first-order valence-electron chi connectivity index (χ1n) is 8.30. The monoisotopic (exact) mass is 398 g/mol. The number of hydrogen-bond acceptors (Lipinski definition) is 8. The van der Waals surface area contributed by atoms with E-state index in [1.54, 1.807) is 12.1 Å². The molecule has 0 bridgehead atoms. The molecule has 10 heteroatoms. The maximum absolute atomic E-state index is 12.0. The molecule has 9 nitrogen and oxygen atoms in total. The summed E-state index contributed by atoms with van der Waals surface area (Å²) in [5.41, 5.74) is 0.651. The summed E-state index contributed by atoms with van der Waals surface area (Å²) in [6.07, 6.45) is 1.84. The van der Waals surface area contributed by atoms with Crippen LogP contribution in [0.2, 0.25) is 0 Å². The molecule has 3 rings (SSSR count).